The lowest BCUT2D eigenvalue weighted by Crippen LogP contribution is -2.20. The molecule has 0 spiro atoms. The molecule has 0 saturated carbocycles. The molecule has 0 fully saturated rings. The molecule has 1 aromatic rings. The third-order valence-electron chi connectivity index (χ3n) is 2.40. The van der Waals surface area contributed by atoms with Crippen LogP contribution in [0.25, 0.3) is 5.70 Å². The van der Waals surface area contributed by atoms with Crippen molar-refractivity contribution in [1.82, 2.24) is 4.90 Å². The predicted octanol–water partition coefficient (Wildman–Crippen LogP) is 4.07. The maximum atomic E-state index is 4.17. The van der Waals surface area contributed by atoms with E-state index in [1.807, 2.05) is 0 Å². The maximum Gasteiger partial charge on any atom is 0.0699 e. The number of aryl methyl sites for hydroxylation is 1. The van der Waals surface area contributed by atoms with Crippen LogP contribution in [0, 0.1) is 6.92 Å². The van der Waals surface area contributed by atoms with Crippen LogP contribution in [0.1, 0.15) is 24.5 Å². The van der Waals surface area contributed by atoms with Crippen LogP contribution < -0.4 is 0 Å². The molecular weight excluding hydrogens is 297 g/mol. The summed E-state index contributed by atoms with van der Waals surface area (Å²) in [7, 11) is 0. The van der Waals surface area contributed by atoms with E-state index in [4.69, 9.17) is 0 Å². The molecule has 1 rings (SSSR count). The highest BCUT2D eigenvalue weighted by atomic mass is 127. The molecule has 0 radical (unpaired) electrons. The standard InChI is InChI=1S/C13H18IN/c1-4-9-15(10-14)12(3)13-7-5-11(2)6-8-13/h5-8H,3-4,9-10H2,1-2H3. The number of benzene rings is 1. The summed E-state index contributed by atoms with van der Waals surface area (Å²) in [4.78, 5) is 2.31. The minimum absolute atomic E-state index is 0.998. The summed E-state index contributed by atoms with van der Waals surface area (Å²) in [5, 5.41) is 0. The fourth-order valence-corrected chi connectivity index (χ4v) is 2.22. The van der Waals surface area contributed by atoms with E-state index in [1.54, 1.807) is 0 Å². The average molecular weight is 315 g/mol. The van der Waals surface area contributed by atoms with Crippen LogP contribution in [0.5, 0.6) is 0 Å². The normalized spacial score (nSPS) is 10.1. The Morgan fingerprint density at radius 2 is 1.93 bits per heavy atom. The van der Waals surface area contributed by atoms with Gasteiger partial charge in [0.2, 0.25) is 0 Å². The molecule has 82 valence electrons. The van der Waals surface area contributed by atoms with Crippen LogP contribution in [-0.4, -0.2) is 16.0 Å². The lowest BCUT2D eigenvalue weighted by Gasteiger charge is -2.24. The molecule has 0 amide bonds. The monoisotopic (exact) mass is 315 g/mol. The van der Waals surface area contributed by atoms with Gasteiger partial charge in [0.05, 0.1) is 4.55 Å². The number of halogens is 1. The Labute approximate surface area is 106 Å². The second-order valence-electron chi connectivity index (χ2n) is 3.70. The lowest BCUT2D eigenvalue weighted by molar-refractivity contribution is 0.470. The summed E-state index contributed by atoms with van der Waals surface area (Å²) >= 11 is 2.39. The van der Waals surface area contributed by atoms with E-state index in [2.05, 4.69) is 72.2 Å². The zero-order valence-electron chi connectivity index (χ0n) is 9.46. The van der Waals surface area contributed by atoms with E-state index in [9.17, 15) is 0 Å². The molecule has 1 nitrogen and oxygen atoms in total. The van der Waals surface area contributed by atoms with Crippen LogP contribution in [0.15, 0.2) is 30.8 Å². The minimum Gasteiger partial charge on any atom is -0.362 e. The van der Waals surface area contributed by atoms with Gasteiger partial charge in [0, 0.05) is 12.2 Å². The van der Waals surface area contributed by atoms with Gasteiger partial charge in [0.15, 0.2) is 0 Å². The Morgan fingerprint density at radius 3 is 2.40 bits per heavy atom. The molecule has 0 N–H and O–H groups in total. The average Bonchev–Trinajstić information content (AvgIpc) is 2.26. The van der Waals surface area contributed by atoms with Crippen molar-refractivity contribution in [3.63, 3.8) is 0 Å². The number of hydrogen-bond acceptors (Lipinski definition) is 1. The maximum absolute atomic E-state index is 4.17. The summed E-state index contributed by atoms with van der Waals surface area (Å²) in [6, 6.07) is 8.56. The van der Waals surface area contributed by atoms with Crippen LogP contribution in [-0.2, 0) is 0 Å². The fraction of sp³-hybridized carbons (Fsp3) is 0.385. The Kier molecular flexibility index (Phi) is 5.15. The summed E-state index contributed by atoms with van der Waals surface area (Å²) in [6.07, 6.45) is 1.16. The molecule has 0 aromatic heterocycles. The van der Waals surface area contributed by atoms with E-state index in [-0.39, 0.29) is 0 Å². The first kappa shape index (κ1) is 12.6. The van der Waals surface area contributed by atoms with Gasteiger partial charge in [-0.2, -0.15) is 0 Å². The van der Waals surface area contributed by atoms with Crippen LogP contribution in [0.2, 0.25) is 0 Å². The van der Waals surface area contributed by atoms with Gasteiger partial charge in [-0.25, -0.2) is 0 Å². The van der Waals surface area contributed by atoms with E-state index in [0.29, 0.717) is 0 Å². The number of hydrogen-bond donors (Lipinski definition) is 0. The van der Waals surface area contributed by atoms with Crippen molar-refractivity contribution in [2.24, 2.45) is 0 Å². The summed E-state index contributed by atoms with van der Waals surface area (Å²) in [6.45, 7) is 9.55. The summed E-state index contributed by atoms with van der Waals surface area (Å²) in [5.41, 5.74) is 3.65. The first-order valence-electron chi connectivity index (χ1n) is 5.26. The SMILES string of the molecule is C=C(c1ccc(C)cc1)N(CI)CCC. The van der Waals surface area contributed by atoms with Crippen molar-refractivity contribution >= 4 is 28.3 Å². The minimum atomic E-state index is 0.998. The molecule has 0 aliphatic carbocycles. The molecule has 0 aliphatic rings. The van der Waals surface area contributed by atoms with Gasteiger partial charge < -0.3 is 4.90 Å². The Morgan fingerprint density at radius 1 is 1.33 bits per heavy atom. The van der Waals surface area contributed by atoms with Gasteiger partial charge in [-0.05, 0) is 18.9 Å². The van der Waals surface area contributed by atoms with Crippen molar-refractivity contribution in [1.29, 1.82) is 0 Å². The molecule has 15 heavy (non-hydrogen) atoms. The quantitative estimate of drug-likeness (QED) is 0.450. The molecule has 0 heterocycles. The van der Waals surface area contributed by atoms with Crippen molar-refractivity contribution < 1.29 is 0 Å². The van der Waals surface area contributed by atoms with E-state index in [1.165, 1.54) is 11.1 Å². The van der Waals surface area contributed by atoms with Crippen LogP contribution >= 0.6 is 22.6 Å². The van der Waals surface area contributed by atoms with E-state index >= 15 is 0 Å². The van der Waals surface area contributed by atoms with Crippen LogP contribution in [0.3, 0.4) is 0 Å². The molecule has 2 heteroatoms. The molecule has 0 unspecified atom stereocenters. The summed E-state index contributed by atoms with van der Waals surface area (Å²) < 4.78 is 0.998. The highest BCUT2D eigenvalue weighted by molar-refractivity contribution is 14.1. The second-order valence-corrected chi connectivity index (χ2v) is 4.38. The second kappa shape index (κ2) is 6.16. The number of rotatable bonds is 5. The molecule has 0 bridgehead atoms. The highest BCUT2D eigenvalue weighted by Gasteiger charge is 2.06. The van der Waals surface area contributed by atoms with Gasteiger partial charge in [-0.15, -0.1) is 0 Å². The molecule has 0 atom stereocenters. The fourth-order valence-electron chi connectivity index (χ4n) is 1.47. The Hall–Kier alpha value is -0.510. The zero-order valence-corrected chi connectivity index (χ0v) is 11.6. The first-order chi connectivity index (χ1) is 7.19. The topological polar surface area (TPSA) is 3.24 Å². The largest absolute Gasteiger partial charge is 0.362 e. The van der Waals surface area contributed by atoms with Gasteiger partial charge in [-0.3, -0.25) is 0 Å². The predicted molar refractivity (Wildman–Crippen MR) is 76.1 cm³/mol. The van der Waals surface area contributed by atoms with Gasteiger partial charge in [0.1, 0.15) is 0 Å². The van der Waals surface area contributed by atoms with Crippen molar-refractivity contribution in [3.8, 4) is 0 Å². The first-order valence-corrected chi connectivity index (χ1v) is 6.78. The third-order valence-corrected chi connectivity index (χ3v) is 3.23. The highest BCUT2D eigenvalue weighted by Crippen LogP contribution is 2.19. The summed E-state index contributed by atoms with van der Waals surface area (Å²) in [5.74, 6) is 0. The molecular formula is C13H18IN. The van der Waals surface area contributed by atoms with Crippen molar-refractivity contribution in [2.45, 2.75) is 20.3 Å². The smallest absolute Gasteiger partial charge is 0.0699 e. The molecule has 0 aliphatic heterocycles. The van der Waals surface area contributed by atoms with Gasteiger partial charge >= 0.3 is 0 Å². The van der Waals surface area contributed by atoms with Crippen molar-refractivity contribution in [3.05, 3.63) is 42.0 Å². The van der Waals surface area contributed by atoms with Crippen molar-refractivity contribution in [2.75, 3.05) is 11.1 Å². The lowest BCUT2D eigenvalue weighted by atomic mass is 10.1. The Balaban J connectivity index is 2.78. The third kappa shape index (κ3) is 3.52. The number of alkyl halides is 1. The van der Waals surface area contributed by atoms with Gasteiger partial charge in [-0.1, -0.05) is 65.9 Å². The molecule has 0 saturated heterocycles. The van der Waals surface area contributed by atoms with Gasteiger partial charge in [0.25, 0.3) is 0 Å². The van der Waals surface area contributed by atoms with Crippen LogP contribution in [0.4, 0.5) is 0 Å². The zero-order chi connectivity index (χ0) is 11.3. The Bertz CT molecular complexity index is 316. The number of nitrogens with zero attached hydrogens (tertiary/aromatic N) is 1. The van der Waals surface area contributed by atoms with E-state index in [0.717, 1.165) is 23.2 Å². The van der Waals surface area contributed by atoms with E-state index < -0.39 is 0 Å². The molecule has 1 aromatic carbocycles.